The fraction of sp³-hybridized carbons (Fsp3) is 0.538. The molecule has 0 aromatic rings. The summed E-state index contributed by atoms with van der Waals surface area (Å²) in [6.07, 6.45) is 4.34. The first kappa shape index (κ1) is 12.7. The van der Waals surface area contributed by atoms with Crippen LogP contribution >= 0.6 is 0 Å². The molecule has 0 aromatic carbocycles. The van der Waals surface area contributed by atoms with Gasteiger partial charge in [0.05, 0.1) is 5.92 Å². The molecule has 0 heterocycles. The van der Waals surface area contributed by atoms with E-state index in [2.05, 4.69) is 11.4 Å². The van der Waals surface area contributed by atoms with Crippen LogP contribution in [0.2, 0.25) is 0 Å². The molecule has 1 rings (SSSR count). The predicted octanol–water partition coefficient (Wildman–Crippen LogP) is 2.20. The number of allylic oxidation sites excluding steroid dienone is 3. The van der Waals surface area contributed by atoms with Gasteiger partial charge < -0.3 is 0 Å². The Morgan fingerprint density at radius 3 is 2.56 bits per heavy atom. The lowest BCUT2D eigenvalue weighted by Gasteiger charge is -2.25. The zero-order chi connectivity index (χ0) is 12.3. The maximum atomic E-state index is 11.9. The second-order valence-electron chi connectivity index (χ2n) is 4.38. The lowest BCUT2D eigenvalue weighted by atomic mass is 9.81. The van der Waals surface area contributed by atoms with E-state index >= 15 is 0 Å². The van der Waals surface area contributed by atoms with Crippen molar-refractivity contribution < 1.29 is 9.59 Å². The molecule has 0 bridgehead atoms. The summed E-state index contributed by atoms with van der Waals surface area (Å²) in [4.78, 5) is 23.0. The highest BCUT2D eigenvalue weighted by Crippen LogP contribution is 2.28. The second kappa shape index (κ2) is 5.10. The number of carbonyl (C=O) groups excluding carboxylic acids is 2. The maximum Gasteiger partial charge on any atom is 0.234 e. The van der Waals surface area contributed by atoms with Crippen LogP contribution in [-0.4, -0.2) is 11.8 Å². The highest BCUT2D eigenvalue weighted by atomic mass is 16.2. The lowest BCUT2D eigenvalue weighted by molar-refractivity contribution is -0.132. The van der Waals surface area contributed by atoms with Crippen molar-refractivity contribution in [3.63, 3.8) is 0 Å². The molecule has 3 nitrogen and oxygen atoms in total. The van der Waals surface area contributed by atoms with Gasteiger partial charge >= 0.3 is 0 Å². The first-order valence-electron chi connectivity index (χ1n) is 5.66. The molecule has 1 aliphatic carbocycles. The van der Waals surface area contributed by atoms with Crippen LogP contribution < -0.4 is 5.32 Å². The quantitative estimate of drug-likeness (QED) is 0.777. The van der Waals surface area contributed by atoms with Crippen LogP contribution in [0, 0.1) is 11.8 Å². The van der Waals surface area contributed by atoms with Gasteiger partial charge in [-0.15, -0.1) is 0 Å². The second-order valence-corrected chi connectivity index (χ2v) is 4.38. The Hall–Kier alpha value is -1.38. The number of rotatable bonds is 2. The van der Waals surface area contributed by atoms with Crippen LogP contribution in [0.5, 0.6) is 0 Å². The number of imide groups is 1. The van der Waals surface area contributed by atoms with Crippen molar-refractivity contribution in [2.45, 2.75) is 34.1 Å². The predicted molar refractivity (Wildman–Crippen MR) is 63.6 cm³/mol. The van der Waals surface area contributed by atoms with Crippen LogP contribution in [0.3, 0.4) is 0 Å². The smallest absolute Gasteiger partial charge is 0.234 e. The van der Waals surface area contributed by atoms with Gasteiger partial charge in [0, 0.05) is 6.42 Å². The summed E-state index contributed by atoms with van der Waals surface area (Å²) in [6, 6.07) is 0. The van der Waals surface area contributed by atoms with Crippen molar-refractivity contribution in [2.75, 3.05) is 0 Å². The molecule has 2 unspecified atom stereocenters. The zero-order valence-corrected chi connectivity index (χ0v) is 10.3. The summed E-state index contributed by atoms with van der Waals surface area (Å²) in [5.74, 6) is -0.463. The average molecular weight is 221 g/mol. The molecule has 1 N–H and O–H groups in total. The summed E-state index contributed by atoms with van der Waals surface area (Å²) in [5, 5.41) is 2.42. The maximum absolute atomic E-state index is 11.9. The van der Waals surface area contributed by atoms with Gasteiger partial charge in [-0.2, -0.15) is 0 Å². The molecule has 0 aliphatic heterocycles. The number of hydrogen-bond acceptors (Lipinski definition) is 2. The number of nitrogens with one attached hydrogen (secondary N) is 1. The molecule has 0 saturated carbocycles. The summed E-state index contributed by atoms with van der Waals surface area (Å²) in [6.45, 7) is 7.73. The van der Waals surface area contributed by atoms with Crippen LogP contribution in [0.15, 0.2) is 23.3 Å². The van der Waals surface area contributed by atoms with Crippen LogP contribution in [-0.2, 0) is 9.59 Å². The van der Waals surface area contributed by atoms with Gasteiger partial charge in [-0.1, -0.05) is 37.1 Å². The monoisotopic (exact) mass is 221 g/mol. The largest absolute Gasteiger partial charge is 0.296 e. The van der Waals surface area contributed by atoms with Gasteiger partial charge in [0.2, 0.25) is 11.8 Å². The van der Waals surface area contributed by atoms with Crippen molar-refractivity contribution in [1.29, 1.82) is 0 Å². The van der Waals surface area contributed by atoms with E-state index < -0.39 is 0 Å². The third kappa shape index (κ3) is 2.81. The van der Waals surface area contributed by atoms with E-state index in [1.165, 1.54) is 5.57 Å². The molecule has 0 spiro atoms. The summed E-state index contributed by atoms with van der Waals surface area (Å²) >= 11 is 0. The SMILES string of the molecule is CCC(=O)NC(=O)C1C=C(C)C=C(C)C1C. The van der Waals surface area contributed by atoms with Gasteiger partial charge in [0.1, 0.15) is 0 Å². The molecule has 3 heteroatoms. The van der Waals surface area contributed by atoms with E-state index in [-0.39, 0.29) is 23.7 Å². The fourth-order valence-corrected chi connectivity index (χ4v) is 1.86. The molecule has 2 atom stereocenters. The highest BCUT2D eigenvalue weighted by molar-refractivity contribution is 5.97. The summed E-state index contributed by atoms with van der Waals surface area (Å²) < 4.78 is 0. The Morgan fingerprint density at radius 2 is 2.00 bits per heavy atom. The van der Waals surface area contributed by atoms with Gasteiger partial charge in [0.15, 0.2) is 0 Å². The minimum atomic E-state index is -0.222. The van der Waals surface area contributed by atoms with E-state index in [0.29, 0.717) is 6.42 Å². The van der Waals surface area contributed by atoms with Crippen molar-refractivity contribution in [1.82, 2.24) is 5.32 Å². The molecule has 0 fully saturated rings. The molecule has 16 heavy (non-hydrogen) atoms. The molecule has 0 saturated heterocycles. The van der Waals surface area contributed by atoms with E-state index in [4.69, 9.17) is 0 Å². The minimum Gasteiger partial charge on any atom is -0.296 e. The third-order valence-corrected chi connectivity index (χ3v) is 3.04. The Labute approximate surface area is 96.6 Å². The third-order valence-electron chi connectivity index (χ3n) is 3.04. The van der Waals surface area contributed by atoms with Crippen LogP contribution in [0.25, 0.3) is 0 Å². The van der Waals surface area contributed by atoms with E-state index in [0.717, 1.165) is 5.57 Å². The normalized spacial score (nSPS) is 24.5. The molecule has 0 radical (unpaired) electrons. The Balaban J connectivity index is 2.78. The van der Waals surface area contributed by atoms with Crippen molar-refractivity contribution in [3.8, 4) is 0 Å². The average Bonchev–Trinajstić information content (AvgIpc) is 2.22. The number of hydrogen-bond donors (Lipinski definition) is 1. The molecular weight excluding hydrogens is 202 g/mol. The Kier molecular flexibility index (Phi) is 4.05. The van der Waals surface area contributed by atoms with Crippen molar-refractivity contribution >= 4 is 11.8 Å². The molecular formula is C13H19NO2. The first-order chi connectivity index (χ1) is 7.45. The van der Waals surface area contributed by atoms with Crippen LogP contribution in [0.4, 0.5) is 0 Å². The Bertz CT molecular complexity index is 366. The van der Waals surface area contributed by atoms with Crippen molar-refractivity contribution in [2.24, 2.45) is 11.8 Å². The molecule has 0 aromatic heterocycles. The first-order valence-corrected chi connectivity index (χ1v) is 5.66. The Morgan fingerprint density at radius 1 is 1.38 bits per heavy atom. The topological polar surface area (TPSA) is 46.2 Å². The van der Waals surface area contributed by atoms with Gasteiger partial charge in [0.25, 0.3) is 0 Å². The van der Waals surface area contributed by atoms with E-state index in [9.17, 15) is 9.59 Å². The fourth-order valence-electron chi connectivity index (χ4n) is 1.86. The minimum absolute atomic E-state index is 0.161. The number of carbonyl (C=O) groups is 2. The van der Waals surface area contributed by atoms with Crippen molar-refractivity contribution in [3.05, 3.63) is 23.3 Å². The van der Waals surface area contributed by atoms with Crippen LogP contribution in [0.1, 0.15) is 34.1 Å². The van der Waals surface area contributed by atoms with Gasteiger partial charge in [-0.3, -0.25) is 14.9 Å². The summed E-state index contributed by atoms with van der Waals surface area (Å²) in [7, 11) is 0. The van der Waals surface area contributed by atoms with E-state index in [1.54, 1.807) is 6.92 Å². The molecule has 88 valence electrons. The van der Waals surface area contributed by atoms with Gasteiger partial charge in [-0.05, 0) is 19.8 Å². The lowest BCUT2D eigenvalue weighted by Crippen LogP contribution is -2.38. The number of amides is 2. The van der Waals surface area contributed by atoms with Gasteiger partial charge in [-0.25, -0.2) is 0 Å². The highest BCUT2D eigenvalue weighted by Gasteiger charge is 2.27. The zero-order valence-electron chi connectivity index (χ0n) is 10.3. The standard InChI is InChI=1S/C13H19NO2/c1-5-12(15)14-13(16)11-7-8(2)6-9(3)10(11)4/h6-7,10-11H,5H2,1-4H3,(H,14,15,16). The molecule has 1 aliphatic rings. The molecule has 2 amide bonds. The summed E-state index contributed by atoms with van der Waals surface area (Å²) in [5.41, 5.74) is 2.27. The van der Waals surface area contributed by atoms with E-state index in [1.807, 2.05) is 26.8 Å².